The molecule has 1 saturated heterocycles. The average molecular weight is 329 g/mol. The molecule has 0 radical (unpaired) electrons. The number of hydrogen-bond donors (Lipinski definition) is 2. The second-order valence-corrected chi connectivity index (χ2v) is 5.94. The van der Waals surface area contributed by atoms with Crippen molar-refractivity contribution < 1.29 is 14.3 Å². The summed E-state index contributed by atoms with van der Waals surface area (Å²) in [5.74, 6) is 2.09. The number of amides is 2. The average Bonchev–Trinajstić information content (AvgIpc) is 3.30. The van der Waals surface area contributed by atoms with E-state index in [1.54, 1.807) is 4.90 Å². The first-order chi connectivity index (χ1) is 11.7. The molecule has 0 unspecified atom stereocenters. The maximum Gasteiger partial charge on any atom is 0.318 e. The minimum Gasteiger partial charge on any atom is -0.447 e. The molecule has 8 nitrogen and oxygen atoms in total. The molecule has 2 amide bonds. The van der Waals surface area contributed by atoms with Crippen LogP contribution in [0.25, 0.3) is 0 Å². The Balaban J connectivity index is 1.34. The smallest absolute Gasteiger partial charge is 0.318 e. The van der Waals surface area contributed by atoms with E-state index in [0.29, 0.717) is 31.9 Å². The summed E-state index contributed by atoms with van der Waals surface area (Å²) in [6, 6.07) is 7.40. The zero-order chi connectivity index (χ0) is 16.6. The van der Waals surface area contributed by atoms with Crippen LogP contribution in [0.5, 0.6) is 11.5 Å². The monoisotopic (exact) mass is 329 g/mol. The molecule has 0 bridgehead atoms. The minimum atomic E-state index is -0.761. The second-order valence-electron chi connectivity index (χ2n) is 5.94. The van der Waals surface area contributed by atoms with Gasteiger partial charge >= 0.3 is 6.03 Å². The van der Waals surface area contributed by atoms with Gasteiger partial charge in [0.05, 0.1) is 13.1 Å². The van der Waals surface area contributed by atoms with E-state index in [1.807, 2.05) is 31.2 Å². The van der Waals surface area contributed by atoms with E-state index in [9.17, 15) is 4.79 Å². The molecular formula is C16H19N5O3. The number of carbonyl (C=O) groups is 1. The Morgan fingerprint density at radius 2 is 2.12 bits per heavy atom. The van der Waals surface area contributed by atoms with Crippen molar-refractivity contribution in [1.82, 2.24) is 25.4 Å². The minimum absolute atomic E-state index is 0.163. The number of ether oxygens (including phenoxy) is 2. The van der Waals surface area contributed by atoms with Crippen LogP contribution >= 0.6 is 0 Å². The van der Waals surface area contributed by atoms with Gasteiger partial charge in [0.25, 0.3) is 5.79 Å². The Morgan fingerprint density at radius 3 is 2.79 bits per heavy atom. The number of benzene rings is 1. The van der Waals surface area contributed by atoms with Crippen LogP contribution in [-0.2, 0) is 13.0 Å². The van der Waals surface area contributed by atoms with Crippen molar-refractivity contribution in [2.45, 2.75) is 32.1 Å². The summed E-state index contributed by atoms with van der Waals surface area (Å²) in [4.78, 5) is 18.3. The third-order valence-electron chi connectivity index (χ3n) is 4.22. The van der Waals surface area contributed by atoms with E-state index in [4.69, 9.17) is 9.47 Å². The van der Waals surface area contributed by atoms with E-state index in [1.165, 1.54) is 0 Å². The molecule has 2 aliphatic heterocycles. The Kier molecular flexibility index (Phi) is 3.51. The Hall–Kier alpha value is -2.77. The van der Waals surface area contributed by atoms with Crippen LogP contribution in [0, 0.1) is 0 Å². The molecule has 24 heavy (non-hydrogen) atoms. The number of H-pyrrole nitrogens is 1. The van der Waals surface area contributed by atoms with Gasteiger partial charge in [-0.05, 0) is 12.1 Å². The topological polar surface area (TPSA) is 92.4 Å². The fourth-order valence-corrected chi connectivity index (χ4v) is 2.98. The summed E-state index contributed by atoms with van der Waals surface area (Å²) in [5, 5.41) is 9.72. The molecule has 0 aliphatic carbocycles. The summed E-state index contributed by atoms with van der Waals surface area (Å²) >= 11 is 0. The molecule has 1 aromatic carbocycles. The lowest BCUT2D eigenvalue weighted by Gasteiger charge is -2.23. The van der Waals surface area contributed by atoms with Gasteiger partial charge in [0.15, 0.2) is 17.3 Å². The van der Waals surface area contributed by atoms with Gasteiger partial charge in [-0.2, -0.15) is 5.10 Å². The predicted octanol–water partition coefficient (Wildman–Crippen LogP) is 1.45. The van der Waals surface area contributed by atoms with Crippen molar-refractivity contribution in [2.75, 3.05) is 13.1 Å². The maximum atomic E-state index is 12.3. The standard InChI is InChI=1S/C16H19N5O3/c1-2-13-18-14(20-19-13)9-17-15(22)21-8-7-16(10-21)23-11-5-3-4-6-12(11)24-16/h3-6H,2,7-10H2,1H3,(H,17,22)(H,18,19,20). The zero-order valence-electron chi connectivity index (χ0n) is 13.4. The van der Waals surface area contributed by atoms with E-state index < -0.39 is 5.79 Å². The highest BCUT2D eigenvalue weighted by Gasteiger charge is 2.48. The fourth-order valence-electron chi connectivity index (χ4n) is 2.98. The number of rotatable bonds is 3. The first-order valence-electron chi connectivity index (χ1n) is 8.07. The lowest BCUT2D eigenvalue weighted by molar-refractivity contribution is -0.0650. The normalized spacial score (nSPS) is 17.5. The van der Waals surface area contributed by atoms with Gasteiger partial charge in [-0.15, -0.1) is 0 Å². The predicted molar refractivity (Wildman–Crippen MR) is 84.6 cm³/mol. The molecule has 1 aromatic heterocycles. The molecule has 2 N–H and O–H groups in total. The third kappa shape index (κ3) is 2.64. The molecule has 0 saturated carbocycles. The largest absolute Gasteiger partial charge is 0.447 e. The molecule has 1 spiro atoms. The number of aromatic amines is 1. The molecule has 3 heterocycles. The number of nitrogens with zero attached hydrogens (tertiary/aromatic N) is 3. The Morgan fingerprint density at radius 1 is 1.38 bits per heavy atom. The number of aromatic nitrogens is 3. The summed E-state index contributed by atoms with van der Waals surface area (Å²) in [7, 11) is 0. The van der Waals surface area contributed by atoms with Crippen molar-refractivity contribution in [3.63, 3.8) is 0 Å². The Bertz CT molecular complexity index is 735. The number of urea groups is 1. The van der Waals surface area contributed by atoms with Crippen LogP contribution in [0.4, 0.5) is 4.79 Å². The second kappa shape index (κ2) is 5.70. The van der Waals surface area contributed by atoms with Crippen LogP contribution < -0.4 is 14.8 Å². The highest BCUT2D eigenvalue weighted by Crippen LogP contribution is 2.42. The molecule has 2 aliphatic rings. The summed E-state index contributed by atoms with van der Waals surface area (Å²) in [6.45, 7) is 3.27. The van der Waals surface area contributed by atoms with Crippen LogP contribution in [0.1, 0.15) is 25.0 Å². The van der Waals surface area contributed by atoms with Gasteiger partial charge < -0.3 is 19.7 Å². The van der Waals surface area contributed by atoms with Gasteiger partial charge in [0, 0.05) is 19.4 Å². The zero-order valence-corrected chi connectivity index (χ0v) is 13.4. The Labute approximate surface area is 139 Å². The molecule has 126 valence electrons. The number of hydrogen-bond acceptors (Lipinski definition) is 5. The van der Waals surface area contributed by atoms with Gasteiger partial charge in [-0.3, -0.25) is 5.10 Å². The van der Waals surface area contributed by atoms with E-state index in [2.05, 4.69) is 20.5 Å². The van der Waals surface area contributed by atoms with Crippen molar-refractivity contribution in [2.24, 2.45) is 0 Å². The van der Waals surface area contributed by atoms with Crippen LogP contribution in [0.3, 0.4) is 0 Å². The lowest BCUT2D eigenvalue weighted by atomic mass is 10.2. The third-order valence-corrected chi connectivity index (χ3v) is 4.22. The number of para-hydroxylation sites is 2. The number of fused-ring (bicyclic) bond motifs is 1. The first kappa shape index (κ1) is 14.8. The molecule has 0 atom stereocenters. The van der Waals surface area contributed by atoms with Crippen molar-refractivity contribution in [3.05, 3.63) is 35.9 Å². The van der Waals surface area contributed by atoms with Gasteiger partial charge in [-0.25, -0.2) is 9.78 Å². The number of aryl methyl sites for hydroxylation is 1. The molecular weight excluding hydrogens is 310 g/mol. The van der Waals surface area contributed by atoms with Crippen LogP contribution in [0.2, 0.25) is 0 Å². The van der Waals surface area contributed by atoms with E-state index >= 15 is 0 Å². The summed E-state index contributed by atoms with van der Waals surface area (Å²) < 4.78 is 11.9. The summed E-state index contributed by atoms with van der Waals surface area (Å²) in [6.07, 6.45) is 1.39. The SMILES string of the molecule is CCc1n[nH]c(CNC(=O)N2CCC3(C2)Oc2ccccc2O3)n1. The molecule has 8 heteroatoms. The fraction of sp³-hybridized carbons (Fsp3) is 0.438. The van der Waals surface area contributed by atoms with Gasteiger partial charge in [0.1, 0.15) is 5.82 Å². The lowest BCUT2D eigenvalue weighted by Crippen LogP contribution is -2.45. The quantitative estimate of drug-likeness (QED) is 0.889. The van der Waals surface area contributed by atoms with E-state index in [0.717, 1.165) is 23.7 Å². The highest BCUT2D eigenvalue weighted by atomic mass is 16.7. The summed E-state index contributed by atoms with van der Waals surface area (Å²) in [5.41, 5.74) is 0. The van der Waals surface area contributed by atoms with E-state index in [-0.39, 0.29) is 6.03 Å². The van der Waals surface area contributed by atoms with Gasteiger partial charge in [0.2, 0.25) is 0 Å². The number of likely N-dealkylation sites (tertiary alicyclic amines) is 1. The first-order valence-corrected chi connectivity index (χ1v) is 8.07. The molecule has 1 fully saturated rings. The number of carbonyl (C=O) groups excluding carboxylic acids is 1. The molecule has 4 rings (SSSR count). The molecule has 2 aromatic rings. The van der Waals surface area contributed by atoms with Crippen molar-refractivity contribution in [1.29, 1.82) is 0 Å². The highest BCUT2D eigenvalue weighted by molar-refractivity contribution is 5.74. The van der Waals surface area contributed by atoms with Crippen LogP contribution in [0.15, 0.2) is 24.3 Å². The van der Waals surface area contributed by atoms with Crippen molar-refractivity contribution >= 4 is 6.03 Å². The maximum absolute atomic E-state index is 12.3. The van der Waals surface area contributed by atoms with Gasteiger partial charge in [-0.1, -0.05) is 19.1 Å². The van der Waals surface area contributed by atoms with Crippen molar-refractivity contribution in [3.8, 4) is 11.5 Å². The van der Waals surface area contributed by atoms with Crippen LogP contribution in [-0.4, -0.2) is 45.0 Å². The number of nitrogens with one attached hydrogen (secondary N) is 2.